The molecule has 0 fully saturated rings. The van der Waals surface area contributed by atoms with E-state index in [-0.39, 0.29) is 0 Å². The average molecular weight is 214 g/mol. The molecule has 0 aromatic carbocycles. The summed E-state index contributed by atoms with van der Waals surface area (Å²) in [5.74, 6) is 0. The van der Waals surface area contributed by atoms with Gasteiger partial charge in [-0.05, 0) is 19.3 Å². The summed E-state index contributed by atoms with van der Waals surface area (Å²) >= 11 is 0. The Morgan fingerprint density at radius 1 is 1.14 bits per heavy atom. The predicted octanol–water partition coefficient (Wildman–Crippen LogP) is 2.77. The van der Waals surface area contributed by atoms with E-state index >= 15 is 0 Å². The van der Waals surface area contributed by atoms with Crippen molar-refractivity contribution in [1.82, 2.24) is 0 Å². The molecule has 1 atom stereocenters. The van der Waals surface area contributed by atoms with E-state index in [1.807, 2.05) is 0 Å². The highest BCUT2D eigenvalue weighted by Gasteiger charge is 2.31. The van der Waals surface area contributed by atoms with Gasteiger partial charge in [-0.3, -0.25) is 0 Å². The molecule has 0 saturated heterocycles. The molecule has 0 aliphatic heterocycles. The lowest BCUT2D eigenvalue weighted by atomic mass is 10.1. The van der Waals surface area contributed by atoms with Gasteiger partial charge in [0.05, 0.1) is 12.5 Å². The average Bonchev–Trinajstić information content (AvgIpc) is 2.08. The van der Waals surface area contributed by atoms with Gasteiger partial charge >= 0.3 is 6.18 Å². The number of halogens is 3. The second-order valence-corrected chi connectivity index (χ2v) is 3.17. The van der Waals surface area contributed by atoms with Crippen molar-refractivity contribution in [3.8, 4) is 0 Å². The molecule has 0 aromatic rings. The molecular weight excluding hydrogens is 197 g/mol. The quantitative estimate of drug-likeness (QED) is 0.607. The molecule has 1 unspecified atom stereocenters. The minimum absolute atomic E-state index is 0.430. The zero-order chi connectivity index (χ0) is 11.0. The number of ether oxygens (including phenoxy) is 2. The minimum Gasteiger partial charge on any atom is -0.385 e. The fourth-order valence-corrected chi connectivity index (χ4v) is 1.18. The van der Waals surface area contributed by atoms with Gasteiger partial charge in [0.2, 0.25) is 0 Å². The van der Waals surface area contributed by atoms with Gasteiger partial charge in [0, 0.05) is 20.8 Å². The lowest BCUT2D eigenvalue weighted by Crippen LogP contribution is -2.21. The molecule has 0 spiro atoms. The van der Waals surface area contributed by atoms with Crippen molar-refractivity contribution < 1.29 is 22.6 Å². The molecule has 86 valence electrons. The molecule has 0 aliphatic rings. The minimum atomic E-state index is -4.14. The van der Waals surface area contributed by atoms with Crippen LogP contribution in [0.2, 0.25) is 0 Å². The molecular formula is C9H17F3O2. The Bertz CT molecular complexity index is 137. The summed E-state index contributed by atoms with van der Waals surface area (Å²) < 4.78 is 45.4. The second kappa shape index (κ2) is 7.06. The van der Waals surface area contributed by atoms with E-state index in [1.165, 1.54) is 7.11 Å². The third-order valence-corrected chi connectivity index (χ3v) is 1.92. The number of hydrogen-bond acceptors (Lipinski definition) is 2. The lowest BCUT2D eigenvalue weighted by Gasteiger charge is -2.16. The van der Waals surface area contributed by atoms with Gasteiger partial charge in [-0.1, -0.05) is 0 Å². The molecule has 5 heteroatoms. The first-order valence-corrected chi connectivity index (χ1v) is 4.58. The molecule has 0 aliphatic carbocycles. The van der Waals surface area contributed by atoms with Crippen LogP contribution < -0.4 is 0 Å². The summed E-state index contributed by atoms with van der Waals surface area (Å²) in [7, 11) is 2.89. The van der Waals surface area contributed by atoms with Crippen molar-refractivity contribution in [3.05, 3.63) is 0 Å². The van der Waals surface area contributed by atoms with Gasteiger partial charge in [-0.25, -0.2) is 0 Å². The topological polar surface area (TPSA) is 18.5 Å². The van der Waals surface area contributed by atoms with E-state index in [9.17, 15) is 13.2 Å². The molecule has 2 nitrogen and oxygen atoms in total. The maximum Gasteiger partial charge on any atom is 0.391 e. The number of rotatable bonds is 7. The number of hydrogen-bond donors (Lipinski definition) is 0. The Labute approximate surface area is 82.4 Å². The predicted molar refractivity (Wildman–Crippen MR) is 47.2 cm³/mol. The van der Waals surface area contributed by atoms with Crippen LogP contribution in [0.4, 0.5) is 13.2 Å². The smallest absolute Gasteiger partial charge is 0.385 e. The first-order chi connectivity index (χ1) is 6.49. The van der Waals surface area contributed by atoms with E-state index in [0.717, 1.165) is 6.42 Å². The van der Waals surface area contributed by atoms with Gasteiger partial charge in [0.25, 0.3) is 0 Å². The van der Waals surface area contributed by atoms with Crippen molar-refractivity contribution in [1.29, 1.82) is 0 Å². The SMILES string of the molecule is COCCCCC(CC(F)(F)F)OC. The van der Waals surface area contributed by atoms with E-state index in [2.05, 4.69) is 0 Å². The zero-order valence-corrected chi connectivity index (χ0v) is 8.56. The van der Waals surface area contributed by atoms with Gasteiger partial charge in [0.1, 0.15) is 0 Å². The third kappa shape index (κ3) is 8.31. The fraction of sp³-hybridized carbons (Fsp3) is 1.00. The molecule has 0 rings (SSSR count). The summed E-state index contributed by atoms with van der Waals surface area (Å²) in [5, 5.41) is 0. The van der Waals surface area contributed by atoms with Crippen molar-refractivity contribution in [2.75, 3.05) is 20.8 Å². The summed E-state index contributed by atoms with van der Waals surface area (Å²) in [4.78, 5) is 0. The zero-order valence-electron chi connectivity index (χ0n) is 8.56. The maximum atomic E-state index is 12.0. The first-order valence-electron chi connectivity index (χ1n) is 4.58. The van der Waals surface area contributed by atoms with Crippen LogP contribution in [-0.4, -0.2) is 33.1 Å². The Balaban J connectivity index is 3.58. The third-order valence-electron chi connectivity index (χ3n) is 1.92. The van der Waals surface area contributed by atoms with Crippen LogP contribution in [0, 0.1) is 0 Å². The van der Waals surface area contributed by atoms with Crippen LogP contribution >= 0.6 is 0 Å². The lowest BCUT2D eigenvalue weighted by molar-refractivity contribution is -0.158. The molecule has 0 bridgehead atoms. The van der Waals surface area contributed by atoms with Crippen LogP contribution in [-0.2, 0) is 9.47 Å². The molecule has 0 radical (unpaired) electrons. The highest BCUT2D eigenvalue weighted by Crippen LogP contribution is 2.24. The van der Waals surface area contributed by atoms with Crippen LogP contribution in [0.25, 0.3) is 0 Å². The number of unbranched alkanes of at least 4 members (excludes halogenated alkanes) is 1. The van der Waals surface area contributed by atoms with Gasteiger partial charge in [-0.2, -0.15) is 13.2 Å². The molecule has 0 saturated carbocycles. The molecule has 0 N–H and O–H groups in total. The monoisotopic (exact) mass is 214 g/mol. The highest BCUT2D eigenvalue weighted by molar-refractivity contribution is 4.63. The van der Waals surface area contributed by atoms with Crippen molar-refractivity contribution in [2.24, 2.45) is 0 Å². The Morgan fingerprint density at radius 3 is 2.21 bits per heavy atom. The molecule has 0 amide bonds. The van der Waals surface area contributed by atoms with E-state index < -0.39 is 18.7 Å². The standard InChI is InChI=1S/C9H17F3O2/c1-13-6-4-3-5-8(14-2)7-9(10,11)12/h8H,3-7H2,1-2H3. The van der Waals surface area contributed by atoms with Crippen LogP contribution in [0.5, 0.6) is 0 Å². The summed E-state index contributed by atoms with van der Waals surface area (Å²) in [6, 6.07) is 0. The normalized spacial score (nSPS) is 14.4. The van der Waals surface area contributed by atoms with Gasteiger partial charge < -0.3 is 9.47 Å². The van der Waals surface area contributed by atoms with Crippen molar-refractivity contribution in [2.45, 2.75) is 38.0 Å². The van der Waals surface area contributed by atoms with Crippen LogP contribution in [0.1, 0.15) is 25.7 Å². The van der Waals surface area contributed by atoms with Crippen LogP contribution in [0.15, 0.2) is 0 Å². The van der Waals surface area contributed by atoms with Crippen molar-refractivity contribution >= 4 is 0 Å². The van der Waals surface area contributed by atoms with Crippen LogP contribution in [0.3, 0.4) is 0 Å². The largest absolute Gasteiger partial charge is 0.391 e. The van der Waals surface area contributed by atoms with Gasteiger partial charge in [-0.15, -0.1) is 0 Å². The Kier molecular flexibility index (Phi) is 6.92. The molecule has 0 aromatic heterocycles. The van der Waals surface area contributed by atoms with Crippen molar-refractivity contribution in [3.63, 3.8) is 0 Å². The molecule has 14 heavy (non-hydrogen) atoms. The Hall–Kier alpha value is -0.290. The van der Waals surface area contributed by atoms with Gasteiger partial charge in [0.15, 0.2) is 0 Å². The molecule has 0 heterocycles. The van der Waals surface area contributed by atoms with E-state index in [1.54, 1.807) is 7.11 Å². The second-order valence-electron chi connectivity index (χ2n) is 3.17. The first kappa shape index (κ1) is 13.7. The summed E-state index contributed by atoms with van der Waals surface area (Å²) in [5.41, 5.74) is 0. The number of alkyl halides is 3. The van der Waals surface area contributed by atoms with E-state index in [4.69, 9.17) is 9.47 Å². The maximum absolute atomic E-state index is 12.0. The summed E-state index contributed by atoms with van der Waals surface area (Å²) in [6.07, 6.45) is -3.82. The highest BCUT2D eigenvalue weighted by atomic mass is 19.4. The summed E-state index contributed by atoms with van der Waals surface area (Å²) in [6.45, 7) is 0.586. The fourth-order valence-electron chi connectivity index (χ4n) is 1.18. The number of methoxy groups -OCH3 is 2. The van der Waals surface area contributed by atoms with E-state index in [0.29, 0.717) is 19.4 Å². The Morgan fingerprint density at radius 2 is 1.79 bits per heavy atom.